The number of aliphatic hydroxyl groups is 1. The average molecular weight is 455 g/mol. The summed E-state index contributed by atoms with van der Waals surface area (Å²) in [4.78, 5) is 6.42. The zero-order chi connectivity index (χ0) is 23.6. The van der Waals surface area contributed by atoms with Crippen LogP contribution in [-0.2, 0) is 0 Å². The third-order valence-electron chi connectivity index (χ3n) is 10.7. The summed E-state index contributed by atoms with van der Waals surface area (Å²) in [5, 5.41) is 10.2. The number of H-pyrrole nitrogens is 1. The summed E-state index contributed by atoms with van der Waals surface area (Å²) < 4.78 is 0. The van der Waals surface area contributed by atoms with Gasteiger partial charge in [-0.3, -0.25) is 0 Å². The van der Waals surface area contributed by atoms with Crippen molar-refractivity contribution < 1.29 is 5.11 Å². The number of hydrogen-bond acceptors (Lipinski definition) is 2. The summed E-state index contributed by atoms with van der Waals surface area (Å²) in [6, 6.07) is 0. The first-order chi connectivity index (χ1) is 15.8. The van der Waals surface area contributed by atoms with E-state index in [-0.39, 0.29) is 6.10 Å². The highest BCUT2D eigenvalue weighted by molar-refractivity contribution is 5.25. The van der Waals surface area contributed by atoms with Crippen LogP contribution in [0.3, 0.4) is 0 Å². The van der Waals surface area contributed by atoms with Crippen molar-refractivity contribution in [2.75, 3.05) is 0 Å². The predicted molar refractivity (Wildman–Crippen MR) is 138 cm³/mol. The molecule has 5 rings (SSSR count). The van der Waals surface area contributed by atoms with E-state index in [9.17, 15) is 5.11 Å². The minimum Gasteiger partial charge on any atom is -0.393 e. The number of fused-ring (bicyclic) bond motifs is 5. The molecule has 0 unspecified atom stereocenters. The molecule has 1 aromatic heterocycles. The van der Waals surface area contributed by atoms with Gasteiger partial charge in [0, 0.05) is 12.4 Å². The topological polar surface area (TPSA) is 48.9 Å². The van der Waals surface area contributed by atoms with Gasteiger partial charge in [0.2, 0.25) is 0 Å². The molecule has 4 aliphatic carbocycles. The van der Waals surface area contributed by atoms with Crippen LogP contribution in [0.25, 0.3) is 0 Å². The zero-order valence-electron chi connectivity index (χ0n) is 22.0. The van der Waals surface area contributed by atoms with E-state index in [1.165, 1.54) is 57.8 Å². The van der Waals surface area contributed by atoms with E-state index in [4.69, 9.17) is 0 Å². The van der Waals surface area contributed by atoms with Gasteiger partial charge in [-0.05, 0) is 97.7 Å². The molecule has 4 aliphatic rings. The molecule has 0 amide bonds. The predicted octanol–water partition coefficient (Wildman–Crippen LogP) is 7.80. The third kappa shape index (κ3) is 5.00. The van der Waals surface area contributed by atoms with Gasteiger partial charge in [0.05, 0.1) is 12.4 Å². The first kappa shape index (κ1) is 25.0. The van der Waals surface area contributed by atoms with E-state index in [2.05, 4.69) is 50.7 Å². The van der Waals surface area contributed by atoms with Crippen LogP contribution in [0.15, 0.2) is 30.4 Å². The quantitative estimate of drug-likeness (QED) is 0.446. The largest absolute Gasteiger partial charge is 0.393 e. The number of nitrogens with zero attached hydrogens (tertiary/aromatic N) is 1. The fourth-order valence-electron chi connectivity index (χ4n) is 8.88. The van der Waals surface area contributed by atoms with Crippen LogP contribution in [0, 0.1) is 46.3 Å². The van der Waals surface area contributed by atoms with Crippen molar-refractivity contribution in [3.8, 4) is 0 Å². The fraction of sp³-hybridized carbons (Fsp3) is 0.833. The Hall–Kier alpha value is -1.09. The lowest BCUT2D eigenvalue weighted by Crippen LogP contribution is -2.50. The molecule has 0 aromatic carbocycles. The van der Waals surface area contributed by atoms with Gasteiger partial charge in [-0.25, -0.2) is 4.98 Å². The van der Waals surface area contributed by atoms with Crippen LogP contribution in [0.2, 0.25) is 0 Å². The average Bonchev–Trinajstić information content (AvgIpc) is 3.45. The Morgan fingerprint density at radius 2 is 1.88 bits per heavy atom. The van der Waals surface area contributed by atoms with E-state index in [1.807, 2.05) is 0 Å². The van der Waals surface area contributed by atoms with Crippen molar-refractivity contribution in [3.63, 3.8) is 0 Å². The lowest BCUT2D eigenvalue weighted by molar-refractivity contribution is -0.0573. The molecule has 0 spiro atoms. The molecule has 186 valence electrons. The van der Waals surface area contributed by atoms with Gasteiger partial charge in [0.25, 0.3) is 0 Å². The highest BCUT2D eigenvalue weighted by atomic mass is 16.3. The van der Waals surface area contributed by atoms with Crippen molar-refractivity contribution in [1.82, 2.24) is 9.97 Å². The Balaban J connectivity index is 0.000000459. The maximum absolute atomic E-state index is 10.2. The summed E-state index contributed by atoms with van der Waals surface area (Å²) >= 11 is 0. The van der Waals surface area contributed by atoms with Gasteiger partial charge < -0.3 is 10.1 Å². The molecule has 3 nitrogen and oxygen atoms in total. The molecule has 33 heavy (non-hydrogen) atoms. The second kappa shape index (κ2) is 10.3. The number of aliphatic hydroxyl groups excluding tert-OH is 1. The Morgan fingerprint density at radius 3 is 2.55 bits per heavy atom. The molecule has 3 heteroatoms. The third-order valence-corrected chi connectivity index (χ3v) is 10.7. The molecule has 1 heterocycles. The molecule has 2 N–H and O–H groups in total. The first-order valence-corrected chi connectivity index (χ1v) is 14.1. The van der Waals surface area contributed by atoms with Crippen LogP contribution in [-0.4, -0.2) is 21.2 Å². The van der Waals surface area contributed by atoms with Crippen LogP contribution in [0.1, 0.15) is 105 Å². The molecule has 3 saturated carbocycles. The van der Waals surface area contributed by atoms with E-state index in [1.54, 1.807) is 24.3 Å². The maximum atomic E-state index is 10.2. The van der Waals surface area contributed by atoms with Crippen molar-refractivity contribution >= 4 is 0 Å². The lowest BCUT2D eigenvalue weighted by Gasteiger charge is -2.58. The second-order valence-electron chi connectivity index (χ2n) is 12.9. The molecular formula is C30H50N2O. The van der Waals surface area contributed by atoms with Crippen LogP contribution in [0.5, 0.6) is 0 Å². The van der Waals surface area contributed by atoms with E-state index < -0.39 is 0 Å². The van der Waals surface area contributed by atoms with Gasteiger partial charge in [0.15, 0.2) is 0 Å². The number of aromatic nitrogens is 2. The fourth-order valence-corrected chi connectivity index (χ4v) is 8.88. The smallest absolute Gasteiger partial charge is 0.0919 e. The highest BCUT2D eigenvalue weighted by Gasteiger charge is 2.59. The van der Waals surface area contributed by atoms with Crippen LogP contribution < -0.4 is 0 Å². The number of imidazole rings is 1. The summed E-state index contributed by atoms with van der Waals surface area (Å²) in [5.74, 6) is 5.46. The van der Waals surface area contributed by atoms with Crippen LogP contribution >= 0.6 is 0 Å². The summed E-state index contributed by atoms with van der Waals surface area (Å²) in [7, 11) is 0. The van der Waals surface area contributed by atoms with Gasteiger partial charge >= 0.3 is 0 Å². The molecule has 0 bridgehead atoms. The molecule has 0 radical (unpaired) electrons. The standard InChI is InChI=1S/C27H46O.C3H4N2/c1-18(2)7-6-8-19(3)23-11-12-24-22-10-9-20-17-21(28)13-15-26(20,4)25(22)14-16-27(23,24)5;1-2-5-3-4-1/h9,18-19,21-25,28H,6-8,10-17H2,1-5H3;1-3H,(H,4,5)/t19-,21+,22+,23-,24+,25+,26+,27-;/m1./s1. The summed E-state index contributed by atoms with van der Waals surface area (Å²) in [5.41, 5.74) is 2.60. The van der Waals surface area contributed by atoms with Crippen molar-refractivity contribution in [3.05, 3.63) is 30.4 Å². The first-order valence-electron chi connectivity index (χ1n) is 14.1. The Kier molecular flexibility index (Phi) is 7.78. The Morgan fingerprint density at radius 1 is 1.06 bits per heavy atom. The van der Waals surface area contributed by atoms with Gasteiger partial charge in [-0.15, -0.1) is 0 Å². The molecule has 0 aliphatic heterocycles. The van der Waals surface area contributed by atoms with Crippen LogP contribution in [0.4, 0.5) is 0 Å². The normalized spacial score (nSPS) is 40.7. The number of aromatic amines is 1. The van der Waals surface area contributed by atoms with E-state index in [0.717, 1.165) is 48.3 Å². The molecule has 0 saturated heterocycles. The van der Waals surface area contributed by atoms with Gasteiger partial charge in [-0.2, -0.15) is 0 Å². The second-order valence-corrected chi connectivity index (χ2v) is 12.9. The number of hydrogen-bond donors (Lipinski definition) is 2. The zero-order valence-corrected chi connectivity index (χ0v) is 22.0. The Labute approximate surface area is 203 Å². The molecule has 3 fully saturated rings. The highest BCUT2D eigenvalue weighted by Crippen LogP contribution is 2.67. The monoisotopic (exact) mass is 454 g/mol. The minimum absolute atomic E-state index is 0.0766. The minimum atomic E-state index is -0.0766. The van der Waals surface area contributed by atoms with E-state index >= 15 is 0 Å². The molecule has 8 atom stereocenters. The summed E-state index contributed by atoms with van der Waals surface area (Å²) in [6.07, 6.45) is 22.2. The number of rotatable bonds is 5. The van der Waals surface area contributed by atoms with Crippen molar-refractivity contribution in [1.29, 1.82) is 0 Å². The maximum Gasteiger partial charge on any atom is 0.0919 e. The van der Waals surface area contributed by atoms with Gasteiger partial charge in [0.1, 0.15) is 0 Å². The van der Waals surface area contributed by atoms with Crippen molar-refractivity contribution in [2.45, 2.75) is 111 Å². The van der Waals surface area contributed by atoms with Gasteiger partial charge in [-0.1, -0.05) is 65.5 Å². The number of allylic oxidation sites excluding steroid dienone is 1. The Bertz CT molecular complexity index is 753. The SMILES string of the molecule is CC(C)CCC[C@@H](C)[C@H]1CC[C@H]2[C@@H]3CC=C4C[C@@H](O)CC[C@]4(C)[C@H]3CC[C@]12C.c1c[nH]cn1. The van der Waals surface area contributed by atoms with E-state index in [0.29, 0.717) is 10.8 Å². The van der Waals surface area contributed by atoms with Crippen molar-refractivity contribution in [2.24, 2.45) is 46.3 Å². The lowest BCUT2D eigenvalue weighted by atomic mass is 9.47. The number of nitrogens with one attached hydrogen (secondary N) is 1. The molecule has 1 aromatic rings. The molecular weight excluding hydrogens is 404 g/mol. The summed E-state index contributed by atoms with van der Waals surface area (Å²) in [6.45, 7) is 12.6.